The molecule has 4 heteroatoms. The lowest BCUT2D eigenvalue weighted by molar-refractivity contribution is -0.912. The van der Waals surface area contributed by atoms with Crippen LogP contribution in [0, 0.1) is 0 Å². The molecule has 0 amide bonds. The maximum atomic E-state index is 3.54. The molecule has 4 nitrogen and oxygen atoms in total. The molecule has 2 aliphatic rings. The summed E-state index contributed by atoms with van der Waals surface area (Å²) in [5.74, 6) is 0. The van der Waals surface area contributed by atoms with Crippen molar-refractivity contribution in [1.82, 2.24) is 15.5 Å². The second-order valence-electron chi connectivity index (χ2n) is 5.08. The highest BCUT2D eigenvalue weighted by Crippen LogP contribution is 2.11. The smallest absolute Gasteiger partial charge is 0.114 e. The lowest BCUT2D eigenvalue weighted by atomic mass is 10.2. The number of nitrogens with one attached hydrogen (secondary N) is 2. The first-order valence-electron chi connectivity index (χ1n) is 6.28. The van der Waals surface area contributed by atoms with Gasteiger partial charge in [0.15, 0.2) is 0 Å². The van der Waals surface area contributed by atoms with Crippen LogP contribution in [0.3, 0.4) is 0 Å². The number of nitrogens with zero attached hydrogens (tertiary/aromatic N) is 2. The van der Waals surface area contributed by atoms with Crippen molar-refractivity contribution in [2.75, 3.05) is 52.9 Å². The molecule has 0 aromatic rings. The first kappa shape index (κ1) is 11.3. The second-order valence-corrected chi connectivity index (χ2v) is 5.08. The number of likely N-dealkylation sites (N-methyl/N-ethyl adjacent to an activating group) is 1. The molecular weight excluding hydrogens is 188 g/mol. The third-order valence-electron chi connectivity index (χ3n) is 4.01. The van der Waals surface area contributed by atoms with Gasteiger partial charge in [-0.05, 0) is 26.4 Å². The van der Waals surface area contributed by atoms with E-state index in [1.165, 1.54) is 43.6 Å². The monoisotopic (exact) mass is 213 g/mol. The molecule has 0 atom stereocenters. The Hall–Kier alpha value is -0.160. The van der Waals surface area contributed by atoms with Gasteiger partial charge in [0.1, 0.15) is 6.29 Å². The average Bonchev–Trinajstić information content (AvgIpc) is 2.31. The predicted molar refractivity (Wildman–Crippen MR) is 62.4 cm³/mol. The van der Waals surface area contributed by atoms with E-state index in [0.717, 1.165) is 13.1 Å². The van der Waals surface area contributed by atoms with Crippen molar-refractivity contribution in [3.63, 3.8) is 0 Å². The van der Waals surface area contributed by atoms with Gasteiger partial charge in [0.05, 0.1) is 39.8 Å². The van der Waals surface area contributed by atoms with Crippen molar-refractivity contribution in [3.8, 4) is 0 Å². The van der Waals surface area contributed by atoms with E-state index in [1.807, 2.05) is 0 Å². The summed E-state index contributed by atoms with van der Waals surface area (Å²) in [5.41, 5.74) is 0. The van der Waals surface area contributed by atoms with Crippen LogP contribution in [0.15, 0.2) is 0 Å². The zero-order chi connectivity index (χ0) is 10.7. The highest BCUT2D eigenvalue weighted by Gasteiger charge is 2.30. The van der Waals surface area contributed by atoms with Crippen LogP contribution in [0.5, 0.6) is 0 Å². The molecule has 0 radical (unpaired) electrons. The minimum Gasteiger partial charge on any atom is -0.324 e. The summed E-state index contributed by atoms with van der Waals surface area (Å²) in [4.78, 5) is 2.55. The van der Waals surface area contributed by atoms with Gasteiger partial charge in [0.25, 0.3) is 0 Å². The maximum absolute atomic E-state index is 3.54. The quantitative estimate of drug-likeness (QED) is 0.613. The highest BCUT2D eigenvalue weighted by molar-refractivity contribution is 4.74. The Balaban J connectivity index is 1.82. The number of rotatable bonds is 2. The SMILES string of the molecule is CC[N+]1(C)CCN(C2NCCCN2)CC1. The minimum absolute atomic E-state index is 0.435. The minimum atomic E-state index is 0.435. The van der Waals surface area contributed by atoms with Crippen LogP contribution >= 0.6 is 0 Å². The highest BCUT2D eigenvalue weighted by atomic mass is 15.5. The molecule has 2 saturated heterocycles. The van der Waals surface area contributed by atoms with E-state index in [4.69, 9.17) is 0 Å². The Bertz CT molecular complexity index is 193. The van der Waals surface area contributed by atoms with Crippen LogP contribution in [-0.2, 0) is 0 Å². The fourth-order valence-corrected chi connectivity index (χ4v) is 2.43. The van der Waals surface area contributed by atoms with E-state index < -0.39 is 0 Å². The molecule has 0 aromatic carbocycles. The third-order valence-corrected chi connectivity index (χ3v) is 4.01. The second kappa shape index (κ2) is 4.78. The number of hydrogen-bond donors (Lipinski definition) is 2. The number of piperazine rings is 1. The van der Waals surface area contributed by atoms with Crippen molar-refractivity contribution >= 4 is 0 Å². The molecule has 0 saturated carbocycles. The molecule has 2 aliphatic heterocycles. The zero-order valence-corrected chi connectivity index (χ0v) is 10.1. The summed E-state index contributed by atoms with van der Waals surface area (Å²) in [5, 5.41) is 7.08. The van der Waals surface area contributed by atoms with Crippen LogP contribution in [-0.4, -0.2) is 68.5 Å². The van der Waals surface area contributed by atoms with Gasteiger partial charge in [0.2, 0.25) is 0 Å². The number of hydrogen-bond acceptors (Lipinski definition) is 3. The molecule has 2 fully saturated rings. The van der Waals surface area contributed by atoms with Gasteiger partial charge < -0.3 is 4.48 Å². The Morgan fingerprint density at radius 1 is 1.20 bits per heavy atom. The fourth-order valence-electron chi connectivity index (χ4n) is 2.43. The summed E-state index contributed by atoms with van der Waals surface area (Å²) in [6.07, 6.45) is 1.69. The van der Waals surface area contributed by atoms with Gasteiger partial charge in [0, 0.05) is 0 Å². The van der Waals surface area contributed by atoms with Gasteiger partial charge in [-0.25, -0.2) is 0 Å². The van der Waals surface area contributed by atoms with E-state index in [0.29, 0.717) is 6.29 Å². The summed E-state index contributed by atoms with van der Waals surface area (Å²) in [7, 11) is 2.37. The van der Waals surface area contributed by atoms with Gasteiger partial charge in [-0.3, -0.25) is 15.5 Å². The van der Waals surface area contributed by atoms with Gasteiger partial charge in [-0.15, -0.1) is 0 Å². The van der Waals surface area contributed by atoms with Crippen molar-refractivity contribution in [3.05, 3.63) is 0 Å². The van der Waals surface area contributed by atoms with Crippen LogP contribution in [0.25, 0.3) is 0 Å². The fraction of sp³-hybridized carbons (Fsp3) is 1.00. The molecular formula is C11H25N4+. The lowest BCUT2D eigenvalue weighted by Gasteiger charge is -2.45. The Kier molecular flexibility index (Phi) is 3.61. The van der Waals surface area contributed by atoms with Crippen molar-refractivity contribution in [2.45, 2.75) is 19.6 Å². The van der Waals surface area contributed by atoms with Crippen LogP contribution in [0.1, 0.15) is 13.3 Å². The largest absolute Gasteiger partial charge is 0.324 e. The lowest BCUT2D eigenvalue weighted by Crippen LogP contribution is -2.65. The zero-order valence-electron chi connectivity index (χ0n) is 10.1. The summed E-state index contributed by atoms with van der Waals surface area (Å²) < 4.78 is 1.24. The van der Waals surface area contributed by atoms with Crippen LogP contribution in [0.2, 0.25) is 0 Å². The molecule has 0 aliphatic carbocycles. The Labute approximate surface area is 93.2 Å². The van der Waals surface area contributed by atoms with Crippen LogP contribution < -0.4 is 10.6 Å². The van der Waals surface area contributed by atoms with Gasteiger partial charge in [-0.2, -0.15) is 0 Å². The topological polar surface area (TPSA) is 27.3 Å². The van der Waals surface area contributed by atoms with E-state index in [9.17, 15) is 0 Å². The molecule has 0 unspecified atom stereocenters. The number of quaternary nitrogens is 1. The molecule has 0 aromatic heterocycles. The molecule has 0 spiro atoms. The van der Waals surface area contributed by atoms with Crippen molar-refractivity contribution in [1.29, 1.82) is 0 Å². The maximum Gasteiger partial charge on any atom is 0.114 e. The molecule has 2 rings (SSSR count). The molecule has 0 bridgehead atoms. The van der Waals surface area contributed by atoms with Crippen molar-refractivity contribution in [2.24, 2.45) is 0 Å². The van der Waals surface area contributed by atoms with Gasteiger partial charge >= 0.3 is 0 Å². The molecule has 88 valence electrons. The summed E-state index contributed by atoms with van der Waals surface area (Å²) in [6.45, 7) is 10.9. The molecule has 15 heavy (non-hydrogen) atoms. The average molecular weight is 213 g/mol. The Morgan fingerprint density at radius 2 is 1.80 bits per heavy atom. The summed E-state index contributed by atoms with van der Waals surface area (Å²) >= 11 is 0. The molecule has 2 N–H and O–H groups in total. The van der Waals surface area contributed by atoms with Gasteiger partial charge in [-0.1, -0.05) is 0 Å². The van der Waals surface area contributed by atoms with Crippen LogP contribution in [0.4, 0.5) is 0 Å². The predicted octanol–water partition coefficient (Wildman–Crippen LogP) is -0.365. The van der Waals surface area contributed by atoms with E-state index in [1.54, 1.807) is 0 Å². The van der Waals surface area contributed by atoms with E-state index in [2.05, 4.69) is 29.5 Å². The van der Waals surface area contributed by atoms with E-state index >= 15 is 0 Å². The van der Waals surface area contributed by atoms with Crippen molar-refractivity contribution < 1.29 is 4.48 Å². The Morgan fingerprint density at radius 3 is 2.33 bits per heavy atom. The first-order valence-corrected chi connectivity index (χ1v) is 6.28. The first-order chi connectivity index (χ1) is 7.23. The summed E-state index contributed by atoms with van der Waals surface area (Å²) in [6, 6.07) is 0. The molecule has 2 heterocycles. The normalized spacial score (nSPS) is 29.2. The third kappa shape index (κ3) is 2.69. The standard InChI is InChI=1S/C11H25N4/c1-3-15(2)9-7-14(8-10-15)11-12-5-4-6-13-11/h11-13H,3-10H2,1-2H3/q+1. The van der Waals surface area contributed by atoms with E-state index in [-0.39, 0.29) is 0 Å².